The van der Waals surface area contributed by atoms with Crippen LogP contribution in [0, 0.1) is 34.5 Å². The Morgan fingerprint density at radius 3 is 2.45 bits per heavy atom. The van der Waals surface area contributed by atoms with Crippen molar-refractivity contribution in [3.05, 3.63) is 0 Å². The number of esters is 1. The normalized spacial score (nSPS) is 39.0. The van der Waals surface area contributed by atoms with Crippen LogP contribution in [0.25, 0.3) is 0 Å². The van der Waals surface area contributed by atoms with E-state index in [0.717, 1.165) is 32.1 Å². The first-order valence-corrected chi connectivity index (χ1v) is 8.80. The maximum atomic E-state index is 12.5. The van der Waals surface area contributed by atoms with Gasteiger partial charge in [-0.15, -0.1) is 0 Å². The Kier molecular flexibility index (Phi) is 4.05. The van der Waals surface area contributed by atoms with Crippen molar-refractivity contribution in [1.29, 1.82) is 0 Å². The van der Waals surface area contributed by atoms with Crippen LogP contribution in [0.4, 0.5) is 0 Å². The van der Waals surface area contributed by atoms with E-state index in [1.807, 2.05) is 20.8 Å². The molecule has 0 aromatic rings. The minimum absolute atomic E-state index is 0.00347. The van der Waals surface area contributed by atoms with E-state index in [2.05, 4.69) is 0 Å². The van der Waals surface area contributed by atoms with Gasteiger partial charge < -0.3 is 14.9 Å². The monoisotopic (exact) mass is 310 g/mol. The Balaban J connectivity index is 1.84. The van der Waals surface area contributed by atoms with Crippen molar-refractivity contribution in [3.63, 3.8) is 0 Å². The molecule has 4 saturated carbocycles. The Morgan fingerprint density at radius 1 is 1.18 bits per heavy atom. The summed E-state index contributed by atoms with van der Waals surface area (Å²) in [6.07, 6.45) is 4.87. The number of hydrogen-bond acceptors (Lipinski definition) is 4. The van der Waals surface area contributed by atoms with E-state index in [4.69, 9.17) is 4.74 Å². The van der Waals surface area contributed by atoms with E-state index in [1.165, 1.54) is 0 Å². The van der Waals surface area contributed by atoms with Gasteiger partial charge in [-0.2, -0.15) is 0 Å². The molecular formula is C18H30O4. The maximum absolute atomic E-state index is 12.5. The average Bonchev–Trinajstić information content (AvgIpc) is 2.51. The number of rotatable bonds is 5. The SMILES string of the molecule is CCC(C)(C)C(=O)OC1C2CC3CC(C2)C(CO)(CO)C1C3. The Labute approximate surface area is 133 Å². The van der Waals surface area contributed by atoms with Crippen LogP contribution in [0.15, 0.2) is 0 Å². The number of carbonyl (C=O) groups is 1. The summed E-state index contributed by atoms with van der Waals surface area (Å²) < 4.78 is 5.98. The fourth-order valence-electron chi connectivity index (χ4n) is 5.25. The first-order chi connectivity index (χ1) is 10.4. The fourth-order valence-corrected chi connectivity index (χ4v) is 5.25. The van der Waals surface area contributed by atoms with E-state index in [1.54, 1.807) is 0 Å². The van der Waals surface area contributed by atoms with E-state index in [-0.39, 0.29) is 31.2 Å². The van der Waals surface area contributed by atoms with Crippen molar-refractivity contribution in [2.24, 2.45) is 34.5 Å². The molecule has 0 aromatic heterocycles. The molecule has 22 heavy (non-hydrogen) atoms. The zero-order valence-corrected chi connectivity index (χ0v) is 14.0. The summed E-state index contributed by atoms with van der Waals surface area (Å²) in [6.45, 7) is 5.87. The molecule has 5 atom stereocenters. The Bertz CT molecular complexity index is 440. The van der Waals surface area contributed by atoms with Crippen molar-refractivity contribution >= 4 is 5.97 Å². The Hall–Kier alpha value is -0.610. The van der Waals surface area contributed by atoms with E-state index in [0.29, 0.717) is 17.8 Å². The van der Waals surface area contributed by atoms with Crippen LogP contribution in [-0.4, -0.2) is 35.5 Å². The molecule has 4 heteroatoms. The molecule has 4 rings (SSSR count). The topological polar surface area (TPSA) is 66.8 Å². The smallest absolute Gasteiger partial charge is 0.311 e. The lowest BCUT2D eigenvalue weighted by Gasteiger charge is -2.62. The molecule has 0 heterocycles. The molecule has 0 saturated heterocycles. The van der Waals surface area contributed by atoms with Crippen molar-refractivity contribution in [2.45, 2.75) is 59.0 Å². The van der Waals surface area contributed by atoms with E-state index in [9.17, 15) is 15.0 Å². The first kappa shape index (κ1) is 16.3. The lowest BCUT2D eigenvalue weighted by Crippen LogP contribution is -2.63. The second-order valence-corrected chi connectivity index (χ2v) is 8.53. The molecule has 4 aliphatic rings. The van der Waals surface area contributed by atoms with Gasteiger partial charge in [0.1, 0.15) is 6.10 Å². The lowest BCUT2D eigenvalue weighted by atomic mass is 9.44. The predicted molar refractivity (Wildman–Crippen MR) is 83.0 cm³/mol. The maximum Gasteiger partial charge on any atom is 0.311 e. The summed E-state index contributed by atoms with van der Waals surface area (Å²) in [5.74, 6) is 1.49. The van der Waals surface area contributed by atoms with Crippen LogP contribution in [0.5, 0.6) is 0 Å². The highest BCUT2D eigenvalue weighted by Gasteiger charge is 2.62. The fraction of sp³-hybridized carbons (Fsp3) is 0.944. The van der Waals surface area contributed by atoms with Crippen molar-refractivity contribution < 1.29 is 19.7 Å². The molecule has 4 aliphatic carbocycles. The second-order valence-electron chi connectivity index (χ2n) is 8.53. The van der Waals surface area contributed by atoms with Gasteiger partial charge >= 0.3 is 5.97 Å². The van der Waals surface area contributed by atoms with E-state index >= 15 is 0 Å². The molecule has 0 radical (unpaired) electrons. The lowest BCUT2D eigenvalue weighted by molar-refractivity contribution is -0.225. The van der Waals surface area contributed by atoms with Gasteiger partial charge in [0.15, 0.2) is 0 Å². The summed E-state index contributed by atoms with van der Waals surface area (Å²) >= 11 is 0. The molecule has 5 unspecified atom stereocenters. The van der Waals surface area contributed by atoms with Crippen LogP contribution >= 0.6 is 0 Å². The zero-order chi connectivity index (χ0) is 16.1. The quantitative estimate of drug-likeness (QED) is 0.765. The molecule has 0 amide bonds. The highest BCUT2D eigenvalue weighted by Crippen LogP contribution is 2.62. The average molecular weight is 310 g/mol. The van der Waals surface area contributed by atoms with Gasteiger partial charge in [-0.1, -0.05) is 6.92 Å². The van der Waals surface area contributed by atoms with Gasteiger partial charge in [-0.05, 0) is 63.7 Å². The zero-order valence-electron chi connectivity index (χ0n) is 14.0. The summed E-state index contributed by atoms with van der Waals surface area (Å²) in [7, 11) is 0. The van der Waals surface area contributed by atoms with Crippen LogP contribution in [-0.2, 0) is 9.53 Å². The third-order valence-electron chi connectivity index (χ3n) is 7.11. The van der Waals surface area contributed by atoms with Crippen molar-refractivity contribution in [2.75, 3.05) is 13.2 Å². The van der Waals surface area contributed by atoms with Gasteiger partial charge in [0.05, 0.1) is 18.6 Å². The van der Waals surface area contributed by atoms with Crippen molar-refractivity contribution in [1.82, 2.24) is 0 Å². The van der Waals surface area contributed by atoms with Crippen LogP contribution < -0.4 is 0 Å². The summed E-state index contributed by atoms with van der Waals surface area (Å²) in [6, 6.07) is 0. The Morgan fingerprint density at radius 2 is 1.86 bits per heavy atom. The highest BCUT2D eigenvalue weighted by atomic mass is 16.5. The summed E-state index contributed by atoms with van der Waals surface area (Å²) in [5, 5.41) is 20.0. The number of ether oxygens (including phenoxy) is 1. The number of hydrogen-bond donors (Lipinski definition) is 2. The van der Waals surface area contributed by atoms with Crippen LogP contribution in [0.1, 0.15) is 52.9 Å². The molecule has 0 spiro atoms. The number of aliphatic hydroxyl groups excluding tert-OH is 2. The summed E-state index contributed by atoms with van der Waals surface area (Å²) in [4.78, 5) is 12.5. The third-order valence-corrected chi connectivity index (χ3v) is 7.11. The van der Waals surface area contributed by atoms with Gasteiger partial charge in [-0.25, -0.2) is 0 Å². The molecule has 0 aromatic carbocycles. The van der Waals surface area contributed by atoms with Crippen LogP contribution in [0.2, 0.25) is 0 Å². The molecule has 4 nitrogen and oxygen atoms in total. The van der Waals surface area contributed by atoms with Crippen molar-refractivity contribution in [3.8, 4) is 0 Å². The molecule has 126 valence electrons. The van der Waals surface area contributed by atoms with Gasteiger partial charge in [0.2, 0.25) is 0 Å². The second kappa shape index (κ2) is 5.48. The molecule has 4 bridgehead atoms. The van der Waals surface area contributed by atoms with Gasteiger partial charge in [0.25, 0.3) is 0 Å². The summed E-state index contributed by atoms with van der Waals surface area (Å²) in [5.41, 5.74) is -0.912. The van der Waals surface area contributed by atoms with Gasteiger partial charge in [0, 0.05) is 11.3 Å². The highest BCUT2D eigenvalue weighted by molar-refractivity contribution is 5.76. The first-order valence-electron chi connectivity index (χ1n) is 8.80. The van der Waals surface area contributed by atoms with Gasteiger partial charge in [-0.3, -0.25) is 4.79 Å². The minimum atomic E-state index is -0.463. The van der Waals surface area contributed by atoms with E-state index < -0.39 is 10.8 Å². The molecular weight excluding hydrogens is 280 g/mol. The molecule has 2 N–H and O–H groups in total. The molecule has 4 fully saturated rings. The largest absolute Gasteiger partial charge is 0.461 e. The minimum Gasteiger partial charge on any atom is -0.461 e. The standard InChI is InChI=1S/C18H30O4/c1-4-17(2,3)16(21)22-15-12-5-11-6-13(8-12)18(9-19,10-20)14(15)7-11/h11-15,19-20H,4-10H2,1-3H3. The third kappa shape index (κ3) is 2.22. The predicted octanol–water partition coefficient (Wildman–Crippen LogP) is 2.37. The number of aliphatic hydroxyl groups is 2. The van der Waals surface area contributed by atoms with Crippen LogP contribution in [0.3, 0.4) is 0 Å². The number of carbonyl (C=O) groups excluding carboxylic acids is 1. The molecule has 0 aliphatic heterocycles.